The summed E-state index contributed by atoms with van der Waals surface area (Å²) in [4.78, 5) is 0. The van der Waals surface area contributed by atoms with Crippen molar-refractivity contribution in [1.82, 2.24) is 14.5 Å². The molecular formula is C15H18FN3O2S. The van der Waals surface area contributed by atoms with E-state index in [9.17, 15) is 12.8 Å². The standard InChI is InChI=1S/C15H18FN3O2S/c1-11(18-22(20,21)15(2)6-7-15)12-4-5-14(13(16)10-12)19-9-3-8-17-19/h3-5,8-11,18H,6-7H2,1-2H3/t11-/m1/s1. The van der Waals surface area contributed by atoms with E-state index in [0.29, 0.717) is 24.1 Å². The minimum atomic E-state index is -3.39. The number of rotatable bonds is 5. The van der Waals surface area contributed by atoms with Crippen LogP contribution in [0.4, 0.5) is 4.39 Å². The molecule has 1 saturated carbocycles. The van der Waals surface area contributed by atoms with Crippen molar-refractivity contribution in [3.05, 3.63) is 48.0 Å². The average molecular weight is 323 g/mol. The summed E-state index contributed by atoms with van der Waals surface area (Å²) in [7, 11) is -3.39. The quantitative estimate of drug-likeness (QED) is 0.919. The van der Waals surface area contributed by atoms with Gasteiger partial charge in [0.1, 0.15) is 11.5 Å². The molecule has 118 valence electrons. The summed E-state index contributed by atoms with van der Waals surface area (Å²) in [5.41, 5.74) is 0.916. The molecule has 1 aromatic carbocycles. The molecule has 0 aliphatic heterocycles. The summed E-state index contributed by atoms with van der Waals surface area (Å²) in [6.07, 6.45) is 4.56. The molecule has 0 radical (unpaired) electrons. The second-order valence-corrected chi connectivity index (χ2v) is 8.18. The zero-order valence-corrected chi connectivity index (χ0v) is 13.3. The van der Waals surface area contributed by atoms with Crippen LogP contribution in [0.25, 0.3) is 5.69 Å². The lowest BCUT2D eigenvalue weighted by Crippen LogP contribution is -2.35. The van der Waals surface area contributed by atoms with E-state index in [1.54, 1.807) is 44.4 Å². The highest BCUT2D eigenvalue weighted by atomic mass is 32.2. The van der Waals surface area contributed by atoms with Crippen molar-refractivity contribution in [3.8, 4) is 5.69 Å². The number of sulfonamides is 1. The predicted octanol–water partition coefficient (Wildman–Crippen LogP) is 2.54. The SMILES string of the molecule is C[C@@H](NS(=O)(=O)C1(C)CC1)c1ccc(-n2cccn2)c(F)c1. The van der Waals surface area contributed by atoms with Crippen molar-refractivity contribution in [2.75, 3.05) is 0 Å². The van der Waals surface area contributed by atoms with Gasteiger partial charge in [-0.25, -0.2) is 22.2 Å². The topological polar surface area (TPSA) is 64.0 Å². The lowest BCUT2D eigenvalue weighted by atomic mass is 10.1. The molecule has 1 heterocycles. The highest BCUT2D eigenvalue weighted by Crippen LogP contribution is 2.42. The van der Waals surface area contributed by atoms with Gasteiger partial charge in [0, 0.05) is 18.4 Å². The summed E-state index contributed by atoms with van der Waals surface area (Å²) in [5, 5.41) is 3.99. The first-order valence-corrected chi connectivity index (χ1v) is 8.62. The summed E-state index contributed by atoms with van der Waals surface area (Å²) >= 11 is 0. The van der Waals surface area contributed by atoms with Crippen molar-refractivity contribution in [3.63, 3.8) is 0 Å². The van der Waals surface area contributed by atoms with Crippen LogP contribution < -0.4 is 4.72 Å². The van der Waals surface area contributed by atoms with Gasteiger partial charge in [0.05, 0.1) is 4.75 Å². The number of hydrogen-bond donors (Lipinski definition) is 1. The van der Waals surface area contributed by atoms with Gasteiger partial charge in [0.2, 0.25) is 10.0 Å². The van der Waals surface area contributed by atoms with Crippen LogP contribution in [-0.2, 0) is 10.0 Å². The van der Waals surface area contributed by atoms with Crippen LogP contribution in [0.1, 0.15) is 38.3 Å². The maximum atomic E-state index is 14.2. The molecule has 1 aliphatic carbocycles. The highest BCUT2D eigenvalue weighted by Gasteiger charge is 2.50. The molecular weight excluding hydrogens is 305 g/mol. The summed E-state index contributed by atoms with van der Waals surface area (Å²) in [6, 6.07) is 5.88. The van der Waals surface area contributed by atoms with Gasteiger partial charge < -0.3 is 0 Å². The normalized spacial score (nSPS) is 18.1. The molecule has 0 spiro atoms. The number of halogens is 1. The van der Waals surface area contributed by atoms with E-state index in [1.807, 2.05) is 0 Å². The first-order chi connectivity index (χ1) is 10.3. The van der Waals surface area contributed by atoms with E-state index in [0.717, 1.165) is 0 Å². The van der Waals surface area contributed by atoms with Gasteiger partial charge in [-0.15, -0.1) is 0 Å². The van der Waals surface area contributed by atoms with Crippen LogP contribution in [-0.4, -0.2) is 22.9 Å². The van der Waals surface area contributed by atoms with Crippen molar-refractivity contribution >= 4 is 10.0 Å². The number of nitrogens with one attached hydrogen (secondary N) is 1. The minimum Gasteiger partial charge on any atom is -0.238 e. The molecule has 0 unspecified atom stereocenters. The molecule has 1 aliphatic rings. The van der Waals surface area contributed by atoms with Gasteiger partial charge in [0.25, 0.3) is 0 Å². The Morgan fingerprint density at radius 2 is 2.14 bits per heavy atom. The Morgan fingerprint density at radius 3 is 2.68 bits per heavy atom. The Balaban J connectivity index is 1.82. The second kappa shape index (κ2) is 5.17. The third-order valence-electron chi connectivity index (χ3n) is 4.16. The van der Waals surface area contributed by atoms with Gasteiger partial charge in [-0.2, -0.15) is 5.10 Å². The zero-order valence-electron chi connectivity index (χ0n) is 12.5. The van der Waals surface area contributed by atoms with Crippen molar-refractivity contribution < 1.29 is 12.8 Å². The van der Waals surface area contributed by atoms with Crippen LogP contribution in [0.15, 0.2) is 36.7 Å². The maximum absolute atomic E-state index is 14.2. The van der Waals surface area contributed by atoms with Gasteiger partial charge >= 0.3 is 0 Å². The second-order valence-electron chi connectivity index (χ2n) is 5.95. The smallest absolute Gasteiger partial charge is 0.217 e. The molecule has 22 heavy (non-hydrogen) atoms. The van der Waals surface area contributed by atoms with Gasteiger partial charge in [0.15, 0.2) is 0 Å². The fourth-order valence-electron chi connectivity index (χ4n) is 2.28. The lowest BCUT2D eigenvalue weighted by Gasteiger charge is -2.18. The van der Waals surface area contributed by atoms with Gasteiger partial charge in [-0.1, -0.05) is 6.07 Å². The molecule has 7 heteroatoms. The highest BCUT2D eigenvalue weighted by molar-refractivity contribution is 7.91. The zero-order chi connectivity index (χ0) is 16.0. The van der Waals surface area contributed by atoms with Gasteiger partial charge in [-0.05, 0) is 50.5 Å². The summed E-state index contributed by atoms with van der Waals surface area (Å²) in [6.45, 7) is 3.44. The van der Waals surface area contributed by atoms with E-state index in [1.165, 1.54) is 10.7 Å². The fourth-order valence-corrected chi connectivity index (χ4v) is 3.80. The Kier molecular flexibility index (Phi) is 3.57. The van der Waals surface area contributed by atoms with Gasteiger partial charge in [-0.3, -0.25) is 0 Å². The molecule has 2 aromatic rings. The van der Waals surface area contributed by atoms with Crippen LogP contribution in [0.3, 0.4) is 0 Å². The van der Waals surface area contributed by atoms with Crippen LogP contribution >= 0.6 is 0 Å². The van der Waals surface area contributed by atoms with E-state index < -0.39 is 26.6 Å². The molecule has 5 nitrogen and oxygen atoms in total. The van der Waals surface area contributed by atoms with Crippen molar-refractivity contribution in [2.45, 2.75) is 37.5 Å². The lowest BCUT2D eigenvalue weighted by molar-refractivity contribution is 0.550. The maximum Gasteiger partial charge on any atom is 0.217 e. The first-order valence-electron chi connectivity index (χ1n) is 7.14. The van der Waals surface area contributed by atoms with E-state index in [-0.39, 0.29) is 0 Å². The molecule has 3 rings (SSSR count). The first kappa shape index (κ1) is 15.2. The number of benzene rings is 1. The third-order valence-corrected chi connectivity index (χ3v) is 6.53. The van der Waals surface area contributed by atoms with Crippen LogP contribution in [0, 0.1) is 5.82 Å². The number of aromatic nitrogens is 2. The van der Waals surface area contributed by atoms with E-state index in [4.69, 9.17) is 0 Å². The Morgan fingerprint density at radius 1 is 1.41 bits per heavy atom. The monoisotopic (exact) mass is 323 g/mol. The molecule has 1 atom stereocenters. The number of hydrogen-bond acceptors (Lipinski definition) is 3. The number of nitrogens with zero attached hydrogens (tertiary/aromatic N) is 2. The predicted molar refractivity (Wildman–Crippen MR) is 81.6 cm³/mol. The summed E-state index contributed by atoms with van der Waals surface area (Å²) in [5.74, 6) is -0.440. The average Bonchev–Trinajstić information content (AvgIpc) is 3.01. The van der Waals surface area contributed by atoms with Crippen molar-refractivity contribution in [2.24, 2.45) is 0 Å². The molecule has 1 aromatic heterocycles. The molecule has 0 amide bonds. The Bertz CT molecular complexity index is 783. The van der Waals surface area contributed by atoms with Crippen molar-refractivity contribution in [1.29, 1.82) is 0 Å². The Hall–Kier alpha value is -1.73. The molecule has 0 saturated heterocycles. The fraction of sp³-hybridized carbons (Fsp3) is 0.400. The molecule has 1 N–H and O–H groups in total. The van der Waals surface area contributed by atoms with E-state index >= 15 is 0 Å². The van der Waals surface area contributed by atoms with E-state index in [2.05, 4.69) is 9.82 Å². The third kappa shape index (κ3) is 2.66. The van der Waals surface area contributed by atoms with Crippen LogP contribution in [0.5, 0.6) is 0 Å². The Labute approximate surface area is 129 Å². The minimum absolute atomic E-state index is 0.331. The molecule has 1 fully saturated rings. The van der Waals surface area contributed by atoms with Crippen LogP contribution in [0.2, 0.25) is 0 Å². The largest absolute Gasteiger partial charge is 0.238 e. The molecule has 0 bridgehead atoms. The summed E-state index contributed by atoms with van der Waals surface area (Å²) < 4.78 is 42.0.